The summed E-state index contributed by atoms with van der Waals surface area (Å²) in [5.41, 5.74) is 1.28. The number of hydrogen-bond acceptors (Lipinski definition) is 4. The highest BCUT2D eigenvalue weighted by Crippen LogP contribution is 2.21. The molecule has 1 N–H and O–H groups in total. The molecule has 27 heavy (non-hydrogen) atoms. The van der Waals surface area contributed by atoms with Crippen LogP contribution in [0.15, 0.2) is 48.7 Å². The van der Waals surface area contributed by atoms with E-state index in [1.165, 1.54) is 24.3 Å². The lowest BCUT2D eigenvalue weighted by atomic mass is 10.1. The number of benzene rings is 1. The molecule has 3 aromatic rings. The van der Waals surface area contributed by atoms with Crippen molar-refractivity contribution < 1.29 is 13.9 Å². The van der Waals surface area contributed by atoms with Crippen molar-refractivity contribution in [1.29, 1.82) is 0 Å². The Morgan fingerprint density at radius 1 is 1.15 bits per heavy atom. The largest absolute Gasteiger partial charge is 0.478 e. The van der Waals surface area contributed by atoms with E-state index in [9.17, 15) is 9.18 Å². The molecule has 2 aromatic heterocycles. The van der Waals surface area contributed by atoms with Gasteiger partial charge in [-0.15, -0.1) is 0 Å². The van der Waals surface area contributed by atoms with E-state index in [0.29, 0.717) is 17.3 Å². The lowest BCUT2D eigenvalue weighted by Gasteiger charge is -2.25. The maximum atomic E-state index is 13.0. The average Bonchev–Trinajstić information content (AvgIpc) is 2.96. The first kappa shape index (κ1) is 18.6. The Bertz CT molecular complexity index is 947. The van der Waals surface area contributed by atoms with Gasteiger partial charge in [0.05, 0.1) is 17.6 Å². The standard InChI is InChI=1S/C20H21FN4O2/c1-13-11-14(2)25(24-13)18-10-7-16(12-22-18)23-19(26)20(3,4)27-17-8-5-15(21)6-9-17/h5-12H,1-4H3,(H,23,26). The number of nitrogens with zero attached hydrogens (tertiary/aromatic N) is 3. The molecule has 0 aliphatic heterocycles. The van der Waals surface area contributed by atoms with Crippen molar-refractivity contribution in [2.75, 3.05) is 5.32 Å². The molecule has 1 amide bonds. The summed E-state index contributed by atoms with van der Waals surface area (Å²) in [7, 11) is 0. The molecule has 0 aliphatic rings. The van der Waals surface area contributed by atoms with E-state index in [0.717, 1.165) is 11.4 Å². The summed E-state index contributed by atoms with van der Waals surface area (Å²) >= 11 is 0. The maximum absolute atomic E-state index is 13.0. The van der Waals surface area contributed by atoms with Gasteiger partial charge in [0.1, 0.15) is 11.6 Å². The molecule has 0 fully saturated rings. The van der Waals surface area contributed by atoms with Crippen molar-refractivity contribution in [1.82, 2.24) is 14.8 Å². The summed E-state index contributed by atoms with van der Waals surface area (Å²) in [6.45, 7) is 7.15. The molecule has 6 nitrogen and oxygen atoms in total. The van der Waals surface area contributed by atoms with Crippen molar-refractivity contribution in [3.05, 3.63) is 65.9 Å². The molecule has 0 unspecified atom stereocenters. The minimum absolute atomic E-state index is 0.340. The fraction of sp³-hybridized carbons (Fsp3) is 0.250. The topological polar surface area (TPSA) is 69.0 Å². The van der Waals surface area contributed by atoms with Crippen LogP contribution in [0.3, 0.4) is 0 Å². The second-order valence-electron chi connectivity index (χ2n) is 6.76. The summed E-state index contributed by atoms with van der Waals surface area (Å²) in [6, 6.07) is 11.0. The summed E-state index contributed by atoms with van der Waals surface area (Å²) in [5, 5.41) is 7.17. The Morgan fingerprint density at radius 2 is 1.85 bits per heavy atom. The SMILES string of the molecule is Cc1cc(C)n(-c2ccc(NC(=O)C(C)(C)Oc3ccc(F)cc3)cn2)n1. The molecule has 140 valence electrons. The molecule has 1 aromatic carbocycles. The first-order valence-electron chi connectivity index (χ1n) is 8.50. The van der Waals surface area contributed by atoms with E-state index in [1.54, 1.807) is 36.9 Å². The fourth-order valence-corrected chi connectivity index (χ4v) is 2.57. The number of ether oxygens (including phenoxy) is 1. The van der Waals surface area contributed by atoms with E-state index in [4.69, 9.17) is 4.74 Å². The summed E-state index contributed by atoms with van der Waals surface area (Å²) in [4.78, 5) is 16.9. The number of rotatable bonds is 5. The predicted molar refractivity (Wildman–Crippen MR) is 101 cm³/mol. The van der Waals surface area contributed by atoms with E-state index in [-0.39, 0.29) is 11.7 Å². The van der Waals surface area contributed by atoms with Crippen LogP contribution in [-0.4, -0.2) is 26.3 Å². The molecule has 3 rings (SSSR count). The highest BCUT2D eigenvalue weighted by molar-refractivity contribution is 5.96. The zero-order chi connectivity index (χ0) is 19.6. The second-order valence-corrected chi connectivity index (χ2v) is 6.76. The van der Waals surface area contributed by atoms with Gasteiger partial charge < -0.3 is 10.1 Å². The molecule has 0 atom stereocenters. The van der Waals surface area contributed by atoms with Crippen LogP contribution in [0.1, 0.15) is 25.2 Å². The molecule has 0 bridgehead atoms. The van der Waals surface area contributed by atoms with Gasteiger partial charge in [0, 0.05) is 5.69 Å². The van der Waals surface area contributed by atoms with Crippen LogP contribution in [0.4, 0.5) is 10.1 Å². The van der Waals surface area contributed by atoms with Gasteiger partial charge in [0.25, 0.3) is 5.91 Å². The Balaban J connectivity index is 1.69. The third kappa shape index (κ3) is 4.31. The van der Waals surface area contributed by atoms with Crippen molar-refractivity contribution in [3.63, 3.8) is 0 Å². The smallest absolute Gasteiger partial charge is 0.268 e. The van der Waals surface area contributed by atoms with Gasteiger partial charge in [-0.05, 0) is 70.2 Å². The van der Waals surface area contributed by atoms with E-state index in [1.807, 2.05) is 19.9 Å². The molecule has 0 aliphatic carbocycles. The lowest BCUT2D eigenvalue weighted by molar-refractivity contribution is -0.128. The molecule has 0 saturated carbocycles. The van der Waals surface area contributed by atoms with Gasteiger partial charge in [-0.2, -0.15) is 5.10 Å². The highest BCUT2D eigenvalue weighted by atomic mass is 19.1. The molecule has 2 heterocycles. The third-order valence-electron chi connectivity index (χ3n) is 3.97. The van der Waals surface area contributed by atoms with Crippen LogP contribution >= 0.6 is 0 Å². The van der Waals surface area contributed by atoms with E-state index < -0.39 is 5.60 Å². The number of halogens is 1. The summed E-state index contributed by atoms with van der Waals surface area (Å²) in [6.07, 6.45) is 1.57. The quantitative estimate of drug-likeness (QED) is 0.743. The van der Waals surface area contributed by atoms with Crippen LogP contribution in [0.25, 0.3) is 5.82 Å². The number of anilines is 1. The van der Waals surface area contributed by atoms with Crippen molar-refractivity contribution in [3.8, 4) is 11.6 Å². The van der Waals surface area contributed by atoms with Crippen molar-refractivity contribution in [2.24, 2.45) is 0 Å². The van der Waals surface area contributed by atoms with Crippen molar-refractivity contribution >= 4 is 11.6 Å². The fourth-order valence-electron chi connectivity index (χ4n) is 2.57. The highest BCUT2D eigenvalue weighted by Gasteiger charge is 2.30. The molecule has 0 radical (unpaired) electrons. The van der Waals surface area contributed by atoms with Crippen LogP contribution in [-0.2, 0) is 4.79 Å². The Kier molecular flexibility index (Phi) is 4.94. The lowest BCUT2D eigenvalue weighted by Crippen LogP contribution is -2.42. The molecule has 0 spiro atoms. The number of amides is 1. The number of carbonyl (C=O) groups excluding carboxylic acids is 1. The Hall–Kier alpha value is -3.22. The number of nitrogens with one attached hydrogen (secondary N) is 1. The Labute approximate surface area is 157 Å². The zero-order valence-corrected chi connectivity index (χ0v) is 15.7. The minimum Gasteiger partial charge on any atom is -0.478 e. The summed E-state index contributed by atoms with van der Waals surface area (Å²) in [5.74, 6) is 0.376. The second kappa shape index (κ2) is 7.19. The van der Waals surface area contributed by atoms with Gasteiger partial charge >= 0.3 is 0 Å². The van der Waals surface area contributed by atoms with Crippen LogP contribution in [0.2, 0.25) is 0 Å². The van der Waals surface area contributed by atoms with Crippen molar-refractivity contribution in [2.45, 2.75) is 33.3 Å². The van der Waals surface area contributed by atoms with Crippen LogP contribution in [0, 0.1) is 19.7 Å². The number of carbonyl (C=O) groups is 1. The molecule has 0 saturated heterocycles. The molecular formula is C20H21FN4O2. The van der Waals surface area contributed by atoms with Crippen LogP contribution in [0.5, 0.6) is 5.75 Å². The Morgan fingerprint density at radius 3 is 2.41 bits per heavy atom. The third-order valence-corrected chi connectivity index (χ3v) is 3.97. The van der Waals surface area contributed by atoms with Gasteiger partial charge in [-0.1, -0.05) is 0 Å². The maximum Gasteiger partial charge on any atom is 0.268 e. The van der Waals surface area contributed by atoms with Crippen LogP contribution < -0.4 is 10.1 Å². The van der Waals surface area contributed by atoms with E-state index in [2.05, 4.69) is 15.4 Å². The van der Waals surface area contributed by atoms with E-state index >= 15 is 0 Å². The predicted octanol–water partition coefficient (Wildman–Crippen LogP) is 3.82. The number of pyridine rings is 1. The van der Waals surface area contributed by atoms with Gasteiger partial charge in [0.15, 0.2) is 11.4 Å². The first-order valence-corrected chi connectivity index (χ1v) is 8.50. The molecule has 7 heteroatoms. The number of aromatic nitrogens is 3. The minimum atomic E-state index is -1.15. The number of hydrogen-bond donors (Lipinski definition) is 1. The van der Waals surface area contributed by atoms with Gasteiger partial charge in [0.2, 0.25) is 0 Å². The monoisotopic (exact) mass is 368 g/mol. The van der Waals surface area contributed by atoms with Gasteiger partial charge in [-0.3, -0.25) is 4.79 Å². The van der Waals surface area contributed by atoms with Gasteiger partial charge in [-0.25, -0.2) is 14.1 Å². The zero-order valence-electron chi connectivity index (χ0n) is 15.7. The normalized spacial score (nSPS) is 11.3. The number of aryl methyl sites for hydroxylation is 2. The molecular weight excluding hydrogens is 347 g/mol. The average molecular weight is 368 g/mol. The first-order chi connectivity index (χ1) is 12.7. The summed E-state index contributed by atoms with van der Waals surface area (Å²) < 4.78 is 20.4.